The smallest absolute Gasteiger partial charge is 0.230 e. The molecule has 1 N–H and O–H groups in total. The maximum Gasteiger partial charge on any atom is 0.230 e. The molecule has 1 aromatic carbocycles. The standard InChI is InChI=1S/C20H25N5O2/c1-24-13-16(12-21-24)18(26)11-17-8-5-9-25(17)14-20-23-22-19(27-20)10-15-6-3-2-4-7-15/h2-4,6-7,12-13,17-18,26H,5,8-11,14H2,1H3. The van der Waals surface area contributed by atoms with Crippen LogP contribution in [0.15, 0.2) is 47.1 Å². The number of aromatic nitrogens is 4. The van der Waals surface area contributed by atoms with E-state index in [1.54, 1.807) is 10.9 Å². The van der Waals surface area contributed by atoms with E-state index in [0.717, 1.165) is 30.5 Å². The van der Waals surface area contributed by atoms with E-state index < -0.39 is 6.10 Å². The maximum atomic E-state index is 10.5. The van der Waals surface area contributed by atoms with Crippen LogP contribution in [0.1, 0.15) is 48.3 Å². The van der Waals surface area contributed by atoms with Gasteiger partial charge in [0.15, 0.2) is 0 Å². The van der Waals surface area contributed by atoms with Gasteiger partial charge in [-0.3, -0.25) is 9.58 Å². The third-order valence-corrected chi connectivity index (χ3v) is 5.15. The number of nitrogens with zero attached hydrogens (tertiary/aromatic N) is 5. The highest BCUT2D eigenvalue weighted by Crippen LogP contribution is 2.28. The molecule has 3 heterocycles. The van der Waals surface area contributed by atoms with E-state index in [4.69, 9.17) is 4.42 Å². The van der Waals surface area contributed by atoms with E-state index >= 15 is 0 Å². The maximum absolute atomic E-state index is 10.5. The Morgan fingerprint density at radius 1 is 1.22 bits per heavy atom. The van der Waals surface area contributed by atoms with E-state index in [1.807, 2.05) is 31.4 Å². The second-order valence-corrected chi connectivity index (χ2v) is 7.22. The number of hydrogen-bond donors (Lipinski definition) is 1. The van der Waals surface area contributed by atoms with Gasteiger partial charge in [0.2, 0.25) is 11.8 Å². The molecule has 0 spiro atoms. The fourth-order valence-electron chi connectivity index (χ4n) is 3.74. The summed E-state index contributed by atoms with van der Waals surface area (Å²) in [6.45, 7) is 1.62. The van der Waals surface area contributed by atoms with Gasteiger partial charge in [0.1, 0.15) is 0 Å². The molecule has 1 saturated heterocycles. The van der Waals surface area contributed by atoms with Crippen molar-refractivity contribution in [3.8, 4) is 0 Å². The zero-order valence-electron chi connectivity index (χ0n) is 15.5. The van der Waals surface area contributed by atoms with Crippen molar-refractivity contribution in [2.45, 2.75) is 44.4 Å². The Kier molecular flexibility index (Phi) is 5.31. The van der Waals surface area contributed by atoms with Gasteiger partial charge in [-0.2, -0.15) is 5.10 Å². The number of benzene rings is 1. The fourth-order valence-corrected chi connectivity index (χ4v) is 3.74. The van der Waals surface area contributed by atoms with Crippen LogP contribution in [0.4, 0.5) is 0 Å². The summed E-state index contributed by atoms with van der Waals surface area (Å²) in [5.41, 5.74) is 2.03. The van der Waals surface area contributed by atoms with Crippen LogP contribution in [-0.2, 0) is 20.0 Å². The highest BCUT2D eigenvalue weighted by Gasteiger charge is 2.28. The van der Waals surface area contributed by atoms with Gasteiger partial charge < -0.3 is 9.52 Å². The molecule has 0 amide bonds. The molecular formula is C20H25N5O2. The van der Waals surface area contributed by atoms with Crippen molar-refractivity contribution < 1.29 is 9.52 Å². The molecule has 2 unspecified atom stereocenters. The monoisotopic (exact) mass is 367 g/mol. The van der Waals surface area contributed by atoms with E-state index in [9.17, 15) is 5.11 Å². The molecule has 0 saturated carbocycles. The molecule has 1 aliphatic heterocycles. The molecule has 2 aromatic heterocycles. The minimum atomic E-state index is -0.499. The summed E-state index contributed by atoms with van der Waals surface area (Å²) in [4.78, 5) is 2.33. The fraction of sp³-hybridized carbons (Fsp3) is 0.450. The zero-order valence-corrected chi connectivity index (χ0v) is 15.5. The molecular weight excluding hydrogens is 342 g/mol. The highest BCUT2D eigenvalue weighted by molar-refractivity contribution is 5.17. The van der Waals surface area contributed by atoms with Gasteiger partial charge >= 0.3 is 0 Å². The van der Waals surface area contributed by atoms with Crippen LogP contribution < -0.4 is 0 Å². The summed E-state index contributed by atoms with van der Waals surface area (Å²) in [5, 5.41) is 23.1. The average Bonchev–Trinajstić information content (AvgIpc) is 3.39. The minimum Gasteiger partial charge on any atom is -0.424 e. The second kappa shape index (κ2) is 8.02. The Balaban J connectivity index is 1.35. The molecule has 7 nitrogen and oxygen atoms in total. The molecule has 0 aliphatic carbocycles. The third kappa shape index (κ3) is 4.43. The van der Waals surface area contributed by atoms with E-state index in [1.165, 1.54) is 0 Å². The zero-order chi connectivity index (χ0) is 18.6. The van der Waals surface area contributed by atoms with Crippen molar-refractivity contribution in [1.82, 2.24) is 24.9 Å². The number of hydrogen-bond acceptors (Lipinski definition) is 6. The predicted molar refractivity (Wildman–Crippen MR) is 99.8 cm³/mol. The Bertz CT molecular complexity index is 860. The molecule has 4 rings (SSSR count). The lowest BCUT2D eigenvalue weighted by atomic mass is 10.0. The lowest BCUT2D eigenvalue weighted by molar-refractivity contribution is 0.113. The number of aryl methyl sites for hydroxylation is 1. The van der Waals surface area contributed by atoms with Crippen LogP contribution in [0, 0.1) is 0 Å². The van der Waals surface area contributed by atoms with Crippen molar-refractivity contribution in [2.75, 3.05) is 6.54 Å². The van der Waals surface area contributed by atoms with Crippen LogP contribution in [0.2, 0.25) is 0 Å². The van der Waals surface area contributed by atoms with Crippen LogP contribution in [0.3, 0.4) is 0 Å². The van der Waals surface area contributed by atoms with Gasteiger partial charge in [-0.15, -0.1) is 10.2 Å². The first-order chi connectivity index (χ1) is 13.2. The summed E-state index contributed by atoms with van der Waals surface area (Å²) in [7, 11) is 1.86. The molecule has 0 radical (unpaired) electrons. The van der Waals surface area contributed by atoms with Gasteiger partial charge in [0.05, 0.1) is 25.3 Å². The number of likely N-dealkylation sites (tertiary alicyclic amines) is 1. The molecule has 27 heavy (non-hydrogen) atoms. The van der Waals surface area contributed by atoms with Crippen molar-refractivity contribution in [2.24, 2.45) is 7.05 Å². The molecule has 1 fully saturated rings. The van der Waals surface area contributed by atoms with Crippen molar-refractivity contribution in [1.29, 1.82) is 0 Å². The molecule has 2 atom stereocenters. The summed E-state index contributed by atoms with van der Waals surface area (Å²) in [5.74, 6) is 1.28. The van der Waals surface area contributed by atoms with Gasteiger partial charge in [0, 0.05) is 24.8 Å². The second-order valence-electron chi connectivity index (χ2n) is 7.22. The quantitative estimate of drug-likeness (QED) is 0.691. The van der Waals surface area contributed by atoms with E-state index in [2.05, 4.69) is 32.3 Å². The first kappa shape index (κ1) is 17.9. The molecule has 142 valence electrons. The van der Waals surface area contributed by atoms with Crippen LogP contribution >= 0.6 is 0 Å². The average molecular weight is 367 g/mol. The topological polar surface area (TPSA) is 80.2 Å². The first-order valence-electron chi connectivity index (χ1n) is 9.43. The third-order valence-electron chi connectivity index (χ3n) is 5.15. The molecule has 1 aliphatic rings. The van der Waals surface area contributed by atoms with Crippen molar-refractivity contribution in [3.63, 3.8) is 0 Å². The Hall–Kier alpha value is -2.51. The minimum absolute atomic E-state index is 0.310. The number of aliphatic hydroxyl groups excluding tert-OH is 1. The number of rotatable bonds is 7. The largest absolute Gasteiger partial charge is 0.424 e. The van der Waals surface area contributed by atoms with Crippen LogP contribution in [0.25, 0.3) is 0 Å². The lowest BCUT2D eigenvalue weighted by Crippen LogP contribution is -2.30. The van der Waals surface area contributed by atoms with Gasteiger partial charge in [-0.25, -0.2) is 0 Å². The van der Waals surface area contributed by atoms with Gasteiger partial charge in [-0.1, -0.05) is 30.3 Å². The van der Waals surface area contributed by atoms with Crippen molar-refractivity contribution in [3.05, 3.63) is 65.6 Å². The SMILES string of the molecule is Cn1cc(C(O)CC2CCCN2Cc2nnc(Cc3ccccc3)o2)cn1. The Labute approximate surface area is 158 Å². The van der Waals surface area contributed by atoms with E-state index in [0.29, 0.717) is 37.2 Å². The van der Waals surface area contributed by atoms with Crippen LogP contribution in [-0.4, -0.2) is 42.6 Å². The summed E-state index contributed by atoms with van der Waals surface area (Å²) in [6.07, 6.45) is 6.64. The summed E-state index contributed by atoms with van der Waals surface area (Å²) >= 11 is 0. The van der Waals surface area contributed by atoms with Crippen LogP contribution in [0.5, 0.6) is 0 Å². The Morgan fingerprint density at radius 2 is 2.04 bits per heavy atom. The lowest BCUT2D eigenvalue weighted by Gasteiger charge is -2.24. The molecule has 0 bridgehead atoms. The van der Waals surface area contributed by atoms with E-state index in [-0.39, 0.29) is 0 Å². The predicted octanol–water partition coefficient (Wildman–Crippen LogP) is 2.48. The highest BCUT2D eigenvalue weighted by atomic mass is 16.4. The Morgan fingerprint density at radius 3 is 2.81 bits per heavy atom. The molecule has 7 heteroatoms. The van der Waals surface area contributed by atoms with Gasteiger partial charge in [-0.05, 0) is 31.4 Å². The summed E-state index contributed by atoms with van der Waals surface area (Å²) < 4.78 is 7.57. The summed E-state index contributed by atoms with van der Waals surface area (Å²) in [6, 6.07) is 10.4. The van der Waals surface area contributed by atoms with Crippen molar-refractivity contribution >= 4 is 0 Å². The molecule has 3 aromatic rings. The normalized spacial score (nSPS) is 18.8. The first-order valence-corrected chi connectivity index (χ1v) is 9.43. The number of aliphatic hydroxyl groups is 1. The van der Waals surface area contributed by atoms with Gasteiger partial charge in [0.25, 0.3) is 0 Å².